The van der Waals surface area contributed by atoms with Crippen LogP contribution < -0.4 is 0 Å². The van der Waals surface area contributed by atoms with Gasteiger partial charge in [-0.15, -0.1) is 0 Å². The van der Waals surface area contributed by atoms with Gasteiger partial charge in [-0.3, -0.25) is 9.59 Å². The molecule has 0 saturated carbocycles. The normalized spacial score (nSPS) is 13.4. The molecule has 8 nitrogen and oxygen atoms in total. The molecule has 0 amide bonds. The molecule has 1 N–H and O–H groups in total. The van der Waals surface area contributed by atoms with Crippen LogP contribution in [0.3, 0.4) is 0 Å². The van der Waals surface area contributed by atoms with E-state index in [1.807, 2.05) is 6.92 Å². The zero-order chi connectivity index (χ0) is 18.8. The highest BCUT2D eigenvalue weighted by atomic mass is 16.7. The number of hydrogen-bond donors (Lipinski definition) is 1. The lowest BCUT2D eigenvalue weighted by Gasteiger charge is -2.23. The first-order valence-electron chi connectivity index (χ1n) is 8.74. The molecule has 148 valence electrons. The smallest absolute Gasteiger partial charge is 0.303 e. The van der Waals surface area contributed by atoms with Crippen molar-refractivity contribution in [2.24, 2.45) is 0 Å². The Balaban J connectivity index is 4.14. The molecule has 8 heteroatoms. The highest BCUT2D eigenvalue weighted by Crippen LogP contribution is 2.13. The summed E-state index contributed by atoms with van der Waals surface area (Å²) in [5, 5.41) is 8.60. The number of methoxy groups -OCH3 is 1. The summed E-state index contributed by atoms with van der Waals surface area (Å²) in [6.07, 6.45) is 3.27. The maximum atomic E-state index is 10.5. The first-order valence-corrected chi connectivity index (χ1v) is 8.74. The summed E-state index contributed by atoms with van der Waals surface area (Å²) in [7, 11) is 1.62. The zero-order valence-corrected chi connectivity index (χ0v) is 15.3. The van der Waals surface area contributed by atoms with Crippen LogP contribution in [0.2, 0.25) is 0 Å². The van der Waals surface area contributed by atoms with Crippen molar-refractivity contribution in [1.82, 2.24) is 0 Å². The summed E-state index contributed by atoms with van der Waals surface area (Å²) in [6, 6.07) is 0. The molecule has 0 heterocycles. The van der Waals surface area contributed by atoms with Crippen LogP contribution in [0.1, 0.15) is 45.4 Å². The molecule has 0 aliphatic carbocycles. The van der Waals surface area contributed by atoms with Gasteiger partial charge >= 0.3 is 5.97 Å². The fraction of sp³-hybridized carbons (Fsp3) is 0.882. The summed E-state index contributed by atoms with van der Waals surface area (Å²) in [5.41, 5.74) is 0. The van der Waals surface area contributed by atoms with Gasteiger partial charge in [-0.05, 0) is 19.3 Å². The molecule has 0 aliphatic heterocycles. The minimum absolute atomic E-state index is 0.0147. The van der Waals surface area contributed by atoms with Gasteiger partial charge in [0.1, 0.15) is 6.61 Å². The Morgan fingerprint density at radius 2 is 1.72 bits per heavy atom. The number of carbonyl (C=O) groups excluding carboxylic acids is 1. The first kappa shape index (κ1) is 23.8. The molecule has 0 aromatic rings. The highest BCUT2D eigenvalue weighted by molar-refractivity contribution is 5.66. The quantitative estimate of drug-likeness (QED) is 0.211. The Bertz CT molecular complexity index is 324. The standard InChI is InChI=1S/C17H32O8/c1-3-15(23-11-9-21-2)13-17(25-12-10-22-14-18)24-8-6-4-5-7-16(19)20/h14-15,17H,3-13H2,1-2H3,(H,19,20). The summed E-state index contributed by atoms with van der Waals surface area (Å²) < 4.78 is 26.7. The van der Waals surface area contributed by atoms with Gasteiger partial charge in [0.25, 0.3) is 6.47 Å². The Morgan fingerprint density at radius 3 is 2.36 bits per heavy atom. The van der Waals surface area contributed by atoms with Crippen molar-refractivity contribution in [3.05, 3.63) is 0 Å². The van der Waals surface area contributed by atoms with E-state index in [4.69, 9.17) is 24.1 Å². The predicted octanol–water partition coefficient (Wildman–Crippen LogP) is 2.00. The van der Waals surface area contributed by atoms with Crippen LogP contribution >= 0.6 is 0 Å². The van der Waals surface area contributed by atoms with Crippen LogP contribution in [0.4, 0.5) is 0 Å². The highest BCUT2D eigenvalue weighted by Gasteiger charge is 2.17. The van der Waals surface area contributed by atoms with Crippen molar-refractivity contribution in [3.63, 3.8) is 0 Å². The lowest BCUT2D eigenvalue weighted by atomic mass is 10.2. The minimum atomic E-state index is -0.781. The summed E-state index contributed by atoms with van der Waals surface area (Å²) in [5.74, 6) is -0.781. The van der Waals surface area contributed by atoms with Gasteiger partial charge in [0, 0.05) is 26.6 Å². The maximum Gasteiger partial charge on any atom is 0.303 e. The van der Waals surface area contributed by atoms with Gasteiger partial charge in [-0.2, -0.15) is 0 Å². The zero-order valence-electron chi connectivity index (χ0n) is 15.3. The van der Waals surface area contributed by atoms with Crippen LogP contribution in [0.25, 0.3) is 0 Å². The molecular formula is C17H32O8. The number of rotatable bonds is 19. The Kier molecular flexibility index (Phi) is 16.7. The third kappa shape index (κ3) is 16.0. The number of ether oxygens (including phenoxy) is 5. The van der Waals surface area contributed by atoms with Crippen molar-refractivity contribution in [1.29, 1.82) is 0 Å². The second-order valence-electron chi connectivity index (χ2n) is 5.47. The fourth-order valence-corrected chi connectivity index (χ4v) is 2.10. The van der Waals surface area contributed by atoms with Gasteiger partial charge in [-0.25, -0.2) is 0 Å². The number of unbranched alkanes of at least 4 members (excludes halogenated alkanes) is 2. The second kappa shape index (κ2) is 17.6. The molecule has 0 bridgehead atoms. The number of carboxylic acid groups (broad SMARTS) is 1. The van der Waals surface area contributed by atoms with E-state index < -0.39 is 12.3 Å². The second-order valence-corrected chi connectivity index (χ2v) is 5.47. The molecule has 25 heavy (non-hydrogen) atoms. The number of aliphatic carboxylic acids is 1. The fourth-order valence-electron chi connectivity index (χ4n) is 2.10. The van der Waals surface area contributed by atoms with Crippen LogP contribution in [0.15, 0.2) is 0 Å². The molecular weight excluding hydrogens is 332 g/mol. The molecule has 2 unspecified atom stereocenters. The monoisotopic (exact) mass is 364 g/mol. The van der Waals surface area contributed by atoms with Crippen molar-refractivity contribution in [2.45, 2.75) is 57.8 Å². The van der Waals surface area contributed by atoms with Gasteiger partial charge in [0.05, 0.1) is 25.9 Å². The molecule has 2 atom stereocenters. The minimum Gasteiger partial charge on any atom is -0.481 e. The van der Waals surface area contributed by atoms with E-state index in [1.165, 1.54) is 0 Å². The van der Waals surface area contributed by atoms with Crippen LogP contribution in [-0.2, 0) is 33.3 Å². The Morgan fingerprint density at radius 1 is 1.00 bits per heavy atom. The lowest BCUT2D eigenvalue weighted by Crippen LogP contribution is -2.28. The Hall–Kier alpha value is -1.22. The van der Waals surface area contributed by atoms with Gasteiger partial charge in [0.2, 0.25) is 0 Å². The van der Waals surface area contributed by atoms with E-state index in [1.54, 1.807) is 7.11 Å². The maximum absolute atomic E-state index is 10.5. The van der Waals surface area contributed by atoms with Gasteiger partial charge in [0.15, 0.2) is 6.29 Å². The largest absolute Gasteiger partial charge is 0.481 e. The van der Waals surface area contributed by atoms with Crippen molar-refractivity contribution in [3.8, 4) is 0 Å². The number of carbonyl (C=O) groups is 2. The summed E-state index contributed by atoms with van der Waals surface area (Å²) in [6.45, 7) is 4.33. The Labute approximate surface area is 149 Å². The molecule has 0 fully saturated rings. The molecule has 0 rings (SSSR count). The SMILES string of the molecule is CCC(CC(OCCCCCC(=O)O)OCCOC=O)OCCOC. The predicted molar refractivity (Wildman–Crippen MR) is 90.3 cm³/mol. The van der Waals surface area contributed by atoms with Crippen molar-refractivity contribution >= 4 is 12.4 Å². The van der Waals surface area contributed by atoms with E-state index in [0.29, 0.717) is 39.1 Å². The van der Waals surface area contributed by atoms with E-state index in [0.717, 1.165) is 19.3 Å². The summed E-state index contributed by atoms with van der Waals surface area (Å²) >= 11 is 0. The van der Waals surface area contributed by atoms with Gasteiger partial charge < -0.3 is 28.8 Å². The van der Waals surface area contributed by atoms with Crippen molar-refractivity contribution < 1.29 is 38.4 Å². The number of carboxylic acids is 1. The van der Waals surface area contributed by atoms with Gasteiger partial charge in [-0.1, -0.05) is 13.3 Å². The third-order valence-corrected chi connectivity index (χ3v) is 3.46. The van der Waals surface area contributed by atoms with E-state index in [2.05, 4.69) is 4.74 Å². The number of hydrogen-bond acceptors (Lipinski definition) is 7. The topological polar surface area (TPSA) is 101 Å². The first-order chi connectivity index (χ1) is 12.1. The van der Waals surface area contributed by atoms with Crippen LogP contribution in [0.5, 0.6) is 0 Å². The van der Waals surface area contributed by atoms with Crippen LogP contribution in [0, 0.1) is 0 Å². The van der Waals surface area contributed by atoms with Crippen LogP contribution in [-0.4, -0.2) is 70.1 Å². The molecule has 0 spiro atoms. The average Bonchev–Trinajstić information content (AvgIpc) is 2.60. The van der Waals surface area contributed by atoms with E-state index in [9.17, 15) is 9.59 Å². The molecule has 0 aromatic carbocycles. The van der Waals surface area contributed by atoms with E-state index >= 15 is 0 Å². The molecule has 0 aromatic heterocycles. The van der Waals surface area contributed by atoms with E-state index in [-0.39, 0.29) is 25.7 Å². The molecule has 0 saturated heterocycles. The molecule has 0 radical (unpaired) electrons. The average molecular weight is 364 g/mol. The summed E-state index contributed by atoms with van der Waals surface area (Å²) in [4.78, 5) is 20.6. The lowest BCUT2D eigenvalue weighted by molar-refractivity contribution is -0.172. The van der Waals surface area contributed by atoms with Crippen molar-refractivity contribution in [2.75, 3.05) is 40.1 Å². The third-order valence-electron chi connectivity index (χ3n) is 3.46. The molecule has 0 aliphatic rings.